The first kappa shape index (κ1) is 21.2. The molecule has 0 fully saturated rings. The maximum absolute atomic E-state index is 12.2. The van der Waals surface area contributed by atoms with E-state index in [2.05, 4.69) is 102 Å². The standard InChI is InChI=1S/C17H16N2.C7H8FN.Pt/c1-3-7-16(8-4-1)13-18-11-12-19(15-18)14-17-9-5-2-6-10-17;8-7-3-1-6(5-9)2-4-7;/h1-12H,13-14H2;1-4H,5,9H2;. The third kappa shape index (κ3) is 6.49. The number of benzene rings is 3. The van der Waals surface area contributed by atoms with Crippen LogP contribution in [0.3, 0.4) is 0 Å². The molecule has 5 heteroatoms. The number of hydrogen-bond donors (Lipinski definition) is 1. The molecule has 0 saturated heterocycles. The Kier molecular flexibility index (Phi) is 7.92. The van der Waals surface area contributed by atoms with Gasteiger partial charge in [0.05, 0.1) is 0 Å². The predicted molar refractivity (Wildman–Crippen MR) is 111 cm³/mol. The third-order valence-corrected chi connectivity index (χ3v) is 5.71. The van der Waals surface area contributed by atoms with Gasteiger partial charge in [0.15, 0.2) is 0 Å². The van der Waals surface area contributed by atoms with Gasteiger partial charge in [0.25, 0.3) is 0 Å². The summed E-state index contributed by atoms with van der Waals surface area (Å²) in [6.07, 6.45) is 4.30. The number of imidazole rings is 1. The van der Waals surface area contributed by atoms with Crippen LogP contribution in [0.1, 0.15) is 16.7 Å². The number of halogens is 1. The van der Waals surface area contributed by atoms with Crippen LogP contribution in [0.25, 0.3) is 0 Å². The second-order valence-corrected chi connectivity index (χ2v) is 7.61. The number of rotatable bonds is 5. The fraction of sp³-hybridized carbons (Fsp3) is 0.125. The molecule has 0 bridgehead atoms. The maximum atomic E-state index is 12.2. The molecule has 0 aliphatic heterocycles. The number of hydrogen-bond acceptors (Lipinski definition) is 1. The molecular formula is C24H24FN3Pt. The second kappa shape index (κ2) is 10.8. The Hall–Kier alpha value is -2.55. The van der Waals surface area contributed by atoms with Gasteiger partial charge in [-0.05, 0) is 17.7 Å². The van der Waals surface area contributed by atoms with Gasteiger partial charge in [-0.15, -0.1) is 0 Å². The third-order valence-electron chi connectivity index (χ3n) is 4.41. The summed E-state index contributed by atoms with van der Waals surface area (Å²) in [5, 5.41) is 0. The van der Waals surface area contributed by atoms with E-state index in [-0.39, 0.29) is 5.82 Å². The van der Waals surface area contributed by atoms with Crippen LogP contribution in [-0.4, -0.2) is 9.13 Å². The molecule has 152 valence electrons. The molecule has 0 spiro atoms. The van der Waals surface area contributed by atoms with E-state index in [1.54, 1.807) is 12.1 Å². The van der Waals surface area contributed by atoms with E-state index >= 15 is 0 Å². The Morgan fingerprint density at radius 1 is 0.655 bits per heavy atom. The Balaban J connectivity index is 0.000000224. The number of aromatic nitrogens is 2. The van der Waals surface area contributed by atoms with Crippen molar-refractivity contribution in [2.45, 2.75) is 19.6 Å². The van der Waals surface area contributed by atoms with Crippen LogP contribution in [-0.2, 0) is 39.0 Å². The van der Waals surface area contributed by atoms with E-state index < -0.39 is 0 Å². The van der Waals surface area contributed by atoms with Gasteiger partial charge in [-0.25, -0.2) is 4.39 Å². The zero-order valence-electron chi connectivity index (χ0n) is 16.0. The van der Waals surface area contributed by atoms with Gasteiger partial charge in [-0.3, -0.25) is 0 Å². The van der Waals surface area contributed by atoms with Crippen molar-refractivity contribution >= 4 is 0 Å². The van der Waals surface area contributed by atoms with Crippen molar-refractivity contribution in [2.75, 3.05) is 0 Å². The molecule has 1 heterocycles. The summed E-state index contributed by atoms with van der Waals surface area (Å²) >= 11 is 2.40. The van der Waals surface area contributed by atoms with Gasteiger partial charge in [0.1, 0.15) is 5.82 Å². The van der Waals surface area contributed by atoms with Crippen LogP contribution in [0.2, 0.25) is 0 Å². The summed E-state index contributed by atoms with van der Waals surface area (Å²) in [6.45, 7) is 2.31. The Bertz CT molecular complexity index is 993. The summed E-state index contributed by atoms with van der Waals surface area (Å²) in [4.78, 5) is 0. The van der Waals surface area contributed by atoms with Crippen molar-refractivity contribution < 1.29 is 23.7 Å². The van der Waals surface area contributed by atoms with E-state index in [1.165, 1.54) is 27.1 Å². The zero-order chi connectivity index (χ0) is 20.5. The van der Waals surface area contributed by atoms with Gasteiger partial charge in [-0.2, -0.15) is 0 Å². The molecule has 29 heavy (non-hydrogen) atoms. The van der Waals surface area contributed by atoms with Crippen molar-refractivity contribution in [3.63, 3.8) is 0 Å². The average Bonchev–Trinajstić information content (AvgIpc) is 3.10. The SMILES string of the molecule is NCc1ccc(F)cc1.[Pt]=[c]1n(Cc2ccccc2)ccn1Cc1ccccc1. The van der Waals surface area contributed by atoms with Gasteiger partial charge < -0.3 is 5.73 Å². The quantitative estimate of drug-likeness (QED) is 0.371. The molecular weight excluding hydrogens is 544 g/mol. The summed E-state index contributed by atoms with van der Waals surface area (Å²) in [7, 11) is 0. The molecule has 0 aliphatic carbocycles. The number of nitrogens with zero attached hydrogens (tertiary/aromatic N) is 2. The zero-order valence-corrected chi connectivity index (χ0v) is 18.3. The van der Waals surface area contributed by atoms with E-state index in [0.29, 0.717) is 6.54 Å². The van der Waals surface area contributed by atoms with Gasteiger partial charge in [0, 0.05) is 6.54 Å². The van der Waals surface area contributed by atoms with Crippen LogP contribution >= 0.6 is 0 Å². The molecule has 0 radical (unpaired) electrons. The van der Waals surface area contributed by atoms with Gasteiger partial charge >= 0.3 is 130 Å². The predicted octanol–water partition coefficient (Wildman–Crippen LogP) is 4.75. The molecule has 0 atom stereocenters. The first-order chi connectivity index (χ1) is 14.2. The fourth-order valence-electron chi connectivity index (χ4n) is 2.85. The summed E-state index contributed by atoms with van der Waals surface area (Å²) in [5.41, 5.74) is 8.89. The average molecular weight is 569 g/mol. The molecule has 0 unspecified atom stereocenters. The first-order valence-electron chi connectivity index (χ1n) is 9.39. The van der Waals surface area contributed by atoms with Gasteiger partial charge in [0.2, 0.25) is 0 Å². The normalized spacial score (nSPS) is 10.3. The van der Waals surface area contributed by atoms with E-state index in [4.69, 9.17) is 5.73 Å². The number of nitrogens with two attached hydrogens (primary N) is 1. The monoisotopic (exact) mass is 568 g/mol. The molecule has 2 N–H and O–H groups in total. The van der Waals surface area contributed by atoms with Crippen LogP contribution in [0.5, 0.6) is 0 Å². The molecule has 0 amide bonds. The van der Waals surface area contributed by atoms with E-state index in [0.717, 1.165) is 18.7 Å². The first-order valence-corrected chi connectivity index (χ1v) is 10.5. The van der Waals surface area contributed by atoms with Crippen LogP contribution in [0.4, 0.5) is 4.39 Å². The van der Waals surface area contributed by atoms with Crippen LogP contribution in [0, 0.1) is 9.62 Å². The molecule has 0 aliphatic rings. The van der Waals surface area contributed by atoms with Crippen molar-refractivity contribution in [2.24, 2.45) is 5.73 Å². The van der Waals surface area contributed by atoms with Crippen molar-refractivity contribution in [3.8, 4) is 0 Å². The molecule has 4 rings (SSSR count). The summed E-state index contributed by atoms with van der Waals surface area (Å²) in [5.74, 6) is -0.216. The van der Waals surface area contributed by atoms with Crippen molar-refractivity contribution in [1.29, 1.82) is 0 Å². The summed E-state index contributed by atoms with van der Waals surface area (Å²) in [6, 6.07) is 27.3. The minimum atomic E-state index is -0.216. The van der Waals surface area contributed by atoms with Crippen molar-refractivity contribution in [1.82, 2.24) is 9.13 Å². The Morgan fingerprint density at radius 2 is 1.10 bits per heavy atom. The van der Waals surface area contributed by atoms with Crippen LogP contribution in [0.15, 0.2) is 97.3 Å². The second-order valence-electron chi connectivity index (χ2n) is 6.60. The Labute approximate surface area is 181 Å². The topological polar surface area (TPSA) is 35.9 Å². The molecule has 3 aromatic carbocycles. The fourth-order valence-corrected chi connectivity index (χ4v) is 3.54. The van der Waals surface area contributed by atoms with Gasteiger partial charge in [-0.1, -0.05) is 12.1 Å². The minimum absolute atomic E-state index is 0.216. The molecule has 3 nitrogen and oxygen atoms in total. The molecule has 1 aromatic heterocycles. The van der Waals surface area contributed by atoms with Crippen LogP contribution < -0.4 is 5.73 Å². The molecule has 0 saturated carbocycles. The van der Waals surface area contributed by atoms with E-state index in [1.807, 2.05) is 0 Å². The molecule has 4 aromatic rings. The van der Waals surface area contributed by atoms with Crippen molar-refractivity contribution in [3.05, 3.63) is 124 Å². The van der Waals surface area contributed by atoms with E-state index in [9.17, 15) is 4.39 Å². The summed E-state index contributed by atoms with van der Waals surface area (Å²) < 4.78 is 18.0. The Morgan fingerprint density at radius 3 is 1.52 bits per heavy atom.